The third-order valence-corrected chi connectivity index (χ3v) is 2.30. The first-order chi connectivity index (χ1) is 6.88. The van der Waals surface area contributed by atoms with E-state index in [0.717, 1.165) is 38.7 Å². The van der Waals surface area contributed by atoms with Crippen molar-refractivity contribution in [2.24, 2.45) is 0 Å². The summed E-state index contributed by atoms with van der Waals surface area (Å²) in [6.45, 7) is 4.43. The summed E-state index contributed by atoms with van der Waals surface area (Å²) in [7, 11) is 1.63. The molecule has 1 N–H and O–H groups in total. The zero-order valence-electron chi connectivity index (χ0n) is 8.32. The molecule has 2 rings (SSSR count). The zero-order valence-corrected chi connectivity index (χ0v) is 8.32. The monoisotopic (exact) mass is 197 g/mol. The summed E-state index contributed by atoms with van der Waals surface area (Å²) in [6, 6.07) is 0. The van der Waals surface area contributed by atoms with Gasteiger partial charge in [0.15, 0.2) is 0 Å². The number of rotatable bonds is 3. The number of aromatic nitrogens is 2. The predicted molar refractivity (Wildman–Crippen MR) is 51.2 cm³/mol. The van der Waals surface area contributed by atoms with Gasteiger partial charge in [0.25, 0.3) is 0 Å². The largest absolute Gasteiger partial charge is 0.481 e. The molecule has 5 heteroatoms. The molecule has 2 heterocycles. The van der Waals surface area contributed by atoms with Gasteiger partial charge in [0.1, 0.15) is 5.82 Å². The van der Waals surface area contributed by atoms with Crippen molar-refractivity contribution < 1.29 is 9.47 Å². The molecule has 0 unspecified atom stereocenters. The van der Waals surface area contributed by atoms with Crippen LogP contribution in [0.5, 0.6) is 5.88 Å². The maximum atomic E-state index is 5.27. The van der Waals surface area contributed by atoms with E-state index in [-0.39, 0.29) is 0 Å². The van der Waals surface area contributed by atoms with Crippen LogP contribution in [0.3, 0.4) is 0 Å². The molecule has 78 valence electrons. The van der Waals surface area contributed by atoms with Crippen LogP contribution in [0, 0.1) is 0 Å². The standard InChI is InChI=1S/C9H15N3O2/c1-13-9-6-10-8(11-9)7-12-2-4-14-5-3-12/h6H,2-5,7H2,1H3,(H,10,11). The molecule has 1 aromatic heterocycles. The molecular weight excluding hydrogens is 182 g/mol. The lowest BCUT2D eigenvalue weighted by Crippen LogP contribution is -2.35. The van der Waals surface area contributed by atoms with Crippen LogP contribution in [0.4, 0.5) is 0 Å². The van der Waals surface area contributed by atoms with Gasteiger partial charge in [-0.3, -0.25) is 4.90 Å². The lowest BCUT2D eigenvalue weighted by molar-refractivity contribution is 0.0331. The maximum Gasteiger partial charge on any atom is 0.210 e. The molecule has 1 saturated heterocycles. The lowest BCUT2D eigenvalue weighted by atomic mass is 10.4. The molecule has 0 saturated carbocycles. The van der Waals surface area contributed by atoms with Crippen LogP contribution in [0.1, 0.15) is 5.82 Å². The van der Waals surface area contributed by atoms with Crippen molar-refractivity contribution in [1.29, 1.82) is 0 Å². The van der Waals surface area contributed by atoms with E-state index in [2.05, 4.69) is 14.9 Å². The average molecular weight is 197 g/mol. The molecule has 0 spiro atoms. The Morgan fingerprint density at radius 1 is 1.57 bits per heavy atom. The molecule has 0 radical (unpaired) electrons. The Morgan fingerprint density at radius 2 is 2.36 bits per heavy atom. The number of nitrogens with zero attached hydrogens (tertiary/aromatic N) is 2. The highest BCUT2D eigenvalue weighted by molar-refractivity contribution is 5.06. The van der Waals surface area contributed by atoms with Gasteiger partial charge in [0, 0.05) is 13.1 Å². The van der Waals surface area contributed by atoms with Crippen molar-refractivity contribution in [1.82, 2.24) is 14.9 Å². The Kier molecular flexibility index (Phi) is 3.00. The van der Waals surface area contributed by atoms with E-state index in [1.165, 1.54) is 0 Å². The fraction of sp³-hybridized carbons (Fsp3) is 0.667. The smallest absolute Gasteiger partial charge is 0.210 e. The molecule has 5 nitrogen and oxygen atoms in total. The molecule has 0 aliphatic carbocycles. The Balaban J connectivity index is 1.89. The van der Waals surface area contributed by atoms with E-state index in [1.54, 1.807) is 13.3 Å². The van der Waals surface area contributed by atoms with Gasteiger partial charge in [0.05, 0.1) is 33.1 Å². The predicted octanol–water partition coefficient (Wildman–Crippen LogP) is 0.250. The minimum Gasteiger partial charge on any atom is -0.481 e. The van der Waals surface area contributed by atoms with E-state index in [9.17, 15) is 0 Å². The SMILES string of the molecule is COc1cnc(CN2CCOCC2)[nH]1. The molecule has 1 fully saturated rings. The summed E-state index contributed by atoms with van der Waals surface area (Å²) in [5.41, 5.74) is 0. The van der Waals surface area contributed by atoms with Gasteiger partial charge in [0.2, 0.25) is 5.88 Å². The highest BCUT2D eigenvalue weighted by atomic mass is 16.5. The molecular formula is C9H15N3O2. The summed E-state index contributed by atoms with van der Waals surface area (Å²) in [4.78, 5) is 9.62. The van der Waals surface area contributed by atoms with Crippen LogP contribution >= 0.6 is 0 Å². The number of H-pyrrole nitrogens is 1. The summed E-state index contributed by atoms with van der Waals surface area (Å²) in [6.07, 6.45) is 1.70. The highest BCUT2D eigenvalue weighted by Gasteiger charge is 2.12. The number of aromatic amines is 1. The van der Waals surface area contributed by atoms with E-state index < -0.39 is 0 Å². The lowest BCUT2D eigenvalue weighted by Gasteiger charge is -2.25. The second kappa shape index (κ2) is 4.43. The Morgan fingerprint density at radius 3 is 3.00 bits per heavy atom. The van der Waals surface area contributed by atoms with Crippen LogP contribution in [-0.4, -0.2) is 48.3 Å². The minimum absolute atomic E-state index is 0.716. The fourth-order valence-electron chi connectivity index (χ4n) is 1.50. The van der Waals surface area contributed by atoms with Gasteiger partial charge in [-0.05, 0) is 0 Å². The first kappa shape index (κ1) is 9.48. The highest BCUT2D eigenvalue weighted by Crippen LogP contribution is 2.08. The Hall–Kier alpha value is -1.07. The van der Waals surface area contributed by atoms with Crippen molar-refractivity contribution in [3.8, 4) is 5.88 Å². The number of ether oxygens (including phenoxy) is 2. The van der Waals surface area contributed by atoms with Gasteiger partial charge in [-0.1, -0.05) is 0 Å². The van der Waals surface area contributed by atoms with E-state index in [4.69, 9.17) is 9.47 Å². The van der Waals surface area contributed by atoms with Crippen LogP contribution in [0.2, 0.25) is 0 Å². The van der Waals surface area contributed by atoms with E-state index in [0.29, 0.717) is 5.88 Å². The fourth-order valence-corrected chi connectivity index (χ4v) is 1.50. The van der Waals surface area contributed by atoms with Gasteiger partial charge >= 0.3 is 0 Å². The number of imidazole rings is 1. The number of nitrogens with one attached hydrogen (secondary N) is 1. The minimum atomic E-state index is 0.716. The van der Waals surface area contributed by atoms with Crippen LogP contribution in [-0.2, 0) is 11.3 Å². The van der Waals surface area contributed by atoms with Crippen molar-refractivity contribution in [3.63, 3.8) is 0 Å². The Bertz CT molecular complexity index is 281. The molecule has 1 aliphatic heterocycles. The first-order valence-electron chi connectivity index (χ1n) is 4.76. The molecule has 0 amide bonds. The van der Waals surface area contributed by atoms with Crippen molar-refractivity contribution in [3.05, 3.63) is 12.0 Å². The van der Waals surface area contributed by atoms with Crippen LogP contribution in [0.15, 0.2) is 6.20 Å². The average Bonchev–Trinajstić information content (AvgIpc) is 2.67. The van der Waals surface area contributed by atoms with Gasteiger partial charge in [-0.25, -0.2) is 4.98 Å². The molecule has 0 aromatic carbocycles. The van der Waals surface area contributed by atoms with E-state index >= 15 is 0 Å². The summed E-state index contributed by atoms with van der Waals surface area (Å²) >= 11 is 0. The Labute approximate surface area is 83.0 Å². The molecule has 0 bridgehead atoms. The second-order valence-electron chi connectivity index (χ2n) is 3.29. The summed E-state index contributed by atoms with van der Waals surface area (Å²) in [5, 5.41) is 0. The number of methoxy groups -OCH3 is 1. The first-order valence-corrected chi connectivity index (χ1v) is 4.76. The van der Waals surface area contributed by atoms with Gasteiger partial charge in [-0.2, -0.15) is 0 Å². The summed E-state index contributed by atoms with van der Waals surface area (Å²) in [5.74, 6) is 1.66. The van der Waals surface area contributed by atoms with Gasteiger partial charge < -0.3 is 14.5 Å². The molecule has 1 aliphatic rings. The van der Waals surface area contributed by atoms with Gasteiger partial charge in [-0.15, -0.1) is 0 Å². The number of hydrogen-bond donors (Lipinski definition) is 1. The molecule has 14 heavy (non-hydrogen) atoms. The second-order valence-corrected chi connectivity index (χ2v) is 3.29. The number of morpholine rings is 1. The van der Waals surface area contributed by atoms with Crippen molar-refractivity contribution in [2.75, 3.05) is 33.4 Å². The summed E-state index contributed by atoms with van der Waals surface area (Å²) < 4.78 is 10.3. The van der Waals surface area contributed by atoms with Crippen molar-refractivity contribution >= 4 is 0 Å². The number of hydrogen-bond acceptors (Lipinski definition) is 4. The molecule has 1 aromatic rings. The third-order valence-electron chi connectivity index (χ3n) is 2.30. The zero-order chi connectivity index (χ0) is 9.80. The van der Waals surface area contributed by atoms with Crippen molar-refractivity contribution in [2.45, 2.75) is 6.54 Å². The quantitative estimate of drug-likeness (QED) is 0.754. The normalized spacial score (nSPS) is 18.4. The topological polar surface area (TPSA) is 50.4 Å². The van der Waals surface area contributed by atoms with Crippen LogP contribution < -0.4 is 4.74 Å². The third kappa shape index (κ3) is 2.24. The van der Waals surface area contributed by atoms with E-state index in [1.807, 2.05) is 0 Å². The maximum absolute atomic E-state index is 5.27. The van der Waals surface area contributed by atoms with Crippen LogP contribution in [0.25, 0.3) is 0 Å². The molecule has 0 atom stereocenters.